The van der Waals surface area contributed by atoms with E-state index in [1.165, 1.54) is 33.9 Å². The maximum atomic E-state index is 2.44. The highest BCUT2D eigenvalue weighted by atomic mass is 15.3. The first-order valence-electron chi connectivity index (χ1n) is 7.50. The van der Waals surface area contributed by atoms with Crippen LogP contribution in [0.5, 0.6) is 0 Å². The van der Waals surface area contributed by atoms with Gasteiger partial charge in [0.15, 0.2) is 0 Å². The van der Waals surface area contributed by atoms with Crippen molar-refractivity contribution in [2.75, 3.05) is 16.7 Å². The van der Waals surface area contributed by atoms with Gasteiger partial charge < -0.3 is 4.81 Å². The predicted octanol–water partition coefficient (Wildman–Crippen LogP) is 3.14. The van der Waals surface area contributed by atoms with Crippen molar-refractivity contribution in [3.05, 3.63) is 47.2 Å². The smallest absolute Gasteiger partial charge is 0.374 e. The summed E-state index contributed by atoms with van der Waals surface area (Å²) in [5.41, 5.74) is 6.61. The zero-order chi connectivity index (χ0) is 15.3. The molecule has 0 bridgehead atoms. The van der Waals surface area contributed by atoms with E-state index in [0.29, 0.717) is 6.98 Å². The summed E-state index contributed by atoms with van der Waals surface area (Å²) in [6.45, 7) is 9.11. The number of rotatable bonds is 1. The van der Waals surface area contributed by atoms with Crippen molar-refractivity contribution < 1.29 is 4.57 Å². The van der Waals surface area contributed by atoms with Gasteiger partial charge in [0.05, 0.1) is 18.9 Å². The summed E-state index contributed by atoms with van der Waals surface area (Å²) in [6.07, 6.45) is 2.22. The van der Waals surface area contributed by atoms with Crippen LogP contribution < -0.4 is 14.2 Å². The Labute approximate surface area is 127 Å². The second kappa shape index (κ2) is 4.80. The summed E-state index contributed by atoms with van der Waals surface area (Å²) in [6, 6.07) is 8.83. The monoisotopic (exact) mass is 280 g/mol. The second-order valence-corrected chi connectivity index (χ2v) is 6.16. The molecule has 0 fully saturated rings. The lowest BCUT2D eigenvalue weighted by molar-refractivity contribution is -0.658. The molecule has 4 heteroatoms. The van der Waals surface area contributed by atoms with Crippen molar-refractivity contribution in [3.63, 3.8) is 0 Å². The molecule has 108 valence electrons. The van der Waals surface area contributed by atoms with Crippen LogP contribution in [0.1, 0.15) is 16.7 Å². The van der Waals surface area contributed by atoms with Crippen molar-refractivity contribution in [2.24, 2.45) is 7.05 Å². The third-order valence-corrected chi connectivity index (χ3v) is 4.73. The Morgan fingerprint density at radius 1 is 1.05 bits per heavy atom. The molecule has 0 aliphatic carbocycles. The number of para-hydroxylation sites is 1. The van der Waals surface area contributed by atoms with Crippen LogP contribution in [0.15, 0.2) is 30.5 Å². The van der Waals surface area contributed by atoms with Gasteiger partial charge in [-0.2, -0.15) is 0 Å². The van der Waals surface area contributed by atoms with Crippen molar-refractivity contribution in [1.29, 1.82) is 0 Å². The van der Waals surface area contributed by atoms with Crippen molar-refractivity contribution >= 4 is 24.2 Å². The molecule has 0 saturated carbocycles. The quantitative estimate of drug-likeness (QED) is 0.587. The zero-order valence-electron chi connectivity index (χ0n) is 13.8. The summed E-state index contributed by atoms with van der Waals surface area (Å²) in [5, 5.41) is 0. The summed E-state index contributed by atoms with van der Waals surface area (Å²) in [4.78, 5) is 4.79. The number of nitrogens with zero attached hydrogens (tertiary/aromatic N) is 3. The number of fused-ring (bicyclic) bond motifs is 1. The summed E-state index contributed by atoms with van der Waals surface area (Å²) in [7, 11) is 4.30. The van der Waals surface area contributed by atoms with Gasteiger partial charge in [0, 0.05) is 6.07 Å². The molecule has 0 radical (unpaired) electrons. The third kappa shape index (κ3) is 2.01. The molecule has 21 heavy (non-hydrogen) atoms. The number of aromatic nitrogens is 1. The fourth-order valence-electron chi connectivity index (χ4n) is 3.22. The second-order valence-electron chi connectivity index (χ2n) is 6.16. The van der Waals surface area contributed by atoms with Gasteiger partial charge in [-0.15, -0.1) is 0 Å². The van der Waals surface area contributed by atoms with Crippen LogP contribution in [0.2, 0.25) is 6.82 Å². The summed E-state index contributed by atoms with van der Waals surface area (Å²) in [5.74, 6) is 1.24. The fourth-order valence-corrected chi connectivity index (χ4v) is 3.22. The first-order chi connectivity index (χ1) is 9.91. The molecule has 2 heterocycles. The van der Waals surface area contributed by atoms with Crippen molar-refractivity contribution in [2.45, 2.75) is 27.6 Å². The van der Waals surface area contributed by atoms with Gasteiger partial charge in [0.1, 0.15) is 5.69 Å². The van der Waals surface area contributed by atoms with Gasteiger partial charge in [0.25, 0.3) is 5.82 Å². The molecule has 1 aliphatic rings. The van der Waals surface area contributed by atoms with E-state index in [1.54, 1.807) is 0 Å². The number of hydrogen-bond donors (Lipinski definition) is 0. The minimum atomic E-state index is 0.314. The number of anilines is 3. The van der Waals surface area contributed by atoms with Gasteiger partial charge >= 0.3 is 6.98 Å². The van der Waals surface area contributed by atoms with Gasteiger partial charge in [-0.1, -0.05) is 12.1 Å². The fraction of sp³-hybridized carbons (Fsp3) is 0.353. The Hall–Kier alpha value is -1.97. The molecule has 1 aromatic heterocycles. The lowest BCUT2D eigenvalue weighted by Gasteiger charge is -2.19. The van der Waals surface area contributed by atoms with Crippen LogP contribution in [0, 0.1) is 20.8 Å². The zero-order valence-corrected chi connectivity index (χ0v) is 13.8. The lowest BCUT2D eigenvalue weighted by atomic mass is 9.77. The Bertz CT molecular complexity index is 711. The van der Waals surface area contributed by atoms with E-state index >= 15 is 0 Å². The Balaban J connectivity index is 2.23. The summed E-state index contributed by atoms with van der Waals surface area (Å²) >= 11 is 0. The van der Waals surface area contributed by atoms with E-state index < -0.39 is 0 Å². The minimum absolute atomic E-state index is 0.314. The molecule has 1 aliphatic heterocycles. The van der Waals surface area contributed by atoms with E-state index in [9.17, 15) is 0 Å². The van der Waals surface area contributed by atoms with E-state index in [4.69, 9.17) is 0 Å². The van der Waals surface area contributed by atoms with Gasteiger partial charge in [-0.25, -0.2) is 4.57 Å². The number of pyridine rings is 1. The highest BCUT2D eigenvalue weighted by Gasteiger charge is 2.44. The van der Waals surface area contributed by atoms with E-state index in [-0.39, 0.29) is 0 Å². The lowest BCUT2D eigenvalue weighted by Crippen LogP contribution is -2.47. The average Bonchev–Trinajstić information content (AvgIpc) is 2.69. The average molecular weight is 280 g/mol. The maximum Gasteiger partial charge on any atom is 0.498 e. The van der Waals surface area contributed by atoms with Crippen molar-refractivity contribution in [1.82, 2.24) is 0 Å². The van der Waals surface area contributed by atoms with Crippen LogP contribution in [0.3, 0.4) is 0 Å². The molecular formula is C17H23BN3+. The molecular weight excluding hydrogens is 257 g/mol. The van der Waals surface area contributed by atoms with Crippen LogP contribution in [-0.4, -0.2) is 14.0 Å². The van der Waals surface area contributed by atoms with Crippen LogP contribution in [0.4, 0.5) is 17.2 Å². The maximum absolute atomic E-state index is 2.44. The normalized spacial score (nSPS) is 13.9. The van der Waals surface area contributed by atoms with Crippen LogP contribution in [0.25, 0.3) is 0 Å². The first kappa shape index (κ1) is 14.0. The van der Waals surface area contributed by atoms with Crippen LogP contribution in [-0.2, 0) is 7.05 Å². The largest absolute Gasteiger partial charge is 0.498 e. The Morgan fingerprint density at radius 3 is 2.48 bits per heavy atom. The van der Waals surface area contributed by atoms with E-state index in [0.717, 1.165) is 0 Å². The number of aryl methyl sites for hydroxylation is 4. The summed E-state index contributed by atoms with van der Waals surface area (Å²) < 4.78 is 2.23. The van der Waals surface area contributed by atoms with Crippen LogP contribution >= 0.6 is 0 Å². The molecule has 0 saturated heterocycles. The van der Waals surface area contributed by atoms with E-state index in [1.807, 2.05) is 0 Å². The van der Waals surface area contributed by atoms with E-state index in [2.05, 4.69) is 86.3 Å². The molecule has 0 spiro atoms. The Morgan fingerprint density at radius 2 is 1.76 bits per heavy atom. The minimum Gasteiger partial charge on any atom is -0.374 e. The van der Waals surface area contributed by atoms with Crippen molar-refractivity contribution in [3.8, 4) is 0 Å². The van der Waals surface area contributed by atoms with Gasteiger partial charge in [-0.3, -0.25) is 4.81 Å². The molecule has 3 rings (SSSR count). The highest BCUT2D eigenvalue weighted by molar-refractivity contribution is 6.70. The molecule has 1 aromatic carbocycles. The topological polar surface area (TPSA) is 10.4 Å². The molecule has 2 aromatic rings. The van der Waals surface area contributed by atoms with Gasteiger partial charge in [-0.05, 0) is 57.4 Å². The number of benzene rings is 1. The highest BCUT2D eigenvalue weighted by Crippen LogP contribution is 2.42. The Kier molecular flexibility index (Phi) is 3.20. The number of hydrogen-bond acceptors (Lipinski definition) is 2. The standard InChI is InChI=1S/C17H23BN3/c1-12-8-7-9-15-17(12)21(18(4)20(15)6)16-10-13(2)14(3)11-19(16)5/h7-11H,1-6H3/q+1. The van der Waals surface area contributed by atoms with Gasteiger partial charge in [0.2, 0.25) is 0 Å². The predicted molar refractivity (Wildman–Crippen MR) is 90.4 cm³/mol. The molecule has 0 N–H and O–H groups in total. The SMILES string of the molecule is CB1N(C)c2cccc(C)c2N1c1cc(C)c(C)c[n+]1C. The molecule has 0 atom stereocenters. The first-order valence-corrected chi connectivity index (χ1v) is 7.50. The molecule has 0 amide bonds. The molecule has 3 nitrogen and oxygen atoms in total. The molecule has 0 unspecified atom stereocenters. The third-order valence-electron chi connectivity index (χ3n) is 4.73.